The molecule has 0 radical (unpaired) electrons. The minimum atomic E-state index is -4.12. The lowest BCUT2D eigenvalue weighted by molar-refractivity contribution is -0.137. The Labute approximate surface area is 122 Å². The van der Waals surface area contributed by atoms with Crippen LogP contribution in [0, 0.1) is 11.8 Å². The van der Waals surface area contributed by atoms with E-state index in [-0.39, 0.29) is 13.2 Å². The molecule has 0 aliphatic carbocycles. The molecule has 21 heavy (non-hydrogen) atoms. The second-order valence-electron chi connectivity index (χ2n) is 4.50. The number of ether oxygens (including phenoxy) is 1. The van der Waals surface area contributed by atoms with Crippen LogP contribution in [0.2, 0.25) is 0 Å². The van der Waals surface area contributed by atoms with Crippen LogP contribution in [0.5, 0.6) is 5.75 Å². The van der Waals surface area contributed by atoms with Crippen LogP contribution in [0.15, 0.2) is 24.3 Å². The molecule has 1 aromatic carbocycles. The Morgan fingerprint density at radius 1 is 1.19 bits per heavy atom. The van der Waals surface area contributed by atoms with Crippen LogP contribution in [-0.4, -0.2) is 49.5 Å². The molecule has 0 spiro atoms. The average Bonchev–Trinajstić information content (AvgIpc) is 2.43. The van der Waals surface area contributed by atoms with Gasteiger partial charge in [-0.15, -0.1) is 0 Å². The van der Waals surface area contributed by atoms with Gasteiger partial charge in [0.2, 0.25) is 0 Å². The van der Waals surface area contributed by atoms with E-state index in [1.807, 2.05) is 0 Å². The Bertz CT molecular complexity index is 474. The van der Waals surface area contributed by atoms with Gasteiger partial charge in [0.25, 0.3) is 0 Å². The fourth-order valence-electron chi connectivity index (χ4n) is 1.52. The van der Waals surface area contributed by atoms with Gasteiger partial charge in [0.05, 0.1) is 6.42 Å². The first-order valence-electron chi connectivity index (χ1n) is 6.48. The molecule has 116 valence electrons. The van der Waals surface area contributed by atoms with Crippen molar-refractivity contribution in [1.29, 1.82) is 0 Å². The lowest BCUT2D eigenvalue weighted by Gasteiger charge is -2.17. The molecule has 1 aromatic rings. The van der Waals surface area contributed by atoms with Crippen LogP contribution in [0.3, 0.4) is 0 Å². The minimum absolute atomic E-state index is 0.0391. The highest BCUT2D eigenvalue weighted by Crippen LogP contribution is 2.19. The molecule has 3 nitrogen and oxygen atoms in total. The predicted molar refractivity (Wildman–Crippen MR) is 74.1 cm³/mol. The van der Waals surface area contributed by atoms with E-state index in [4.69, 9.17) is 9.84 Å². The van der Waals surface area contributed by atoms with E-state index < -0.39 is 12.6 Å². The van der Waals surface area contributed by atoms with Crippen molar-refractivity contribution in [3.63, 3.8) is 0 Å². The third-order valence-electron chi connectivity index (χ3n) is 2.68. The number of nitrogens with zero attached hydrogens (tertiary/aromatic N) is 1. The Balaban J connectivity index is 2.29. The quantitative estimate of drug-likeness (QED) is 0.818. The number of benzene rings is 1. The molecule has 0 bridgehead atoms. The van der Waals surface area contributed by atoms with Gasteiger partial charge in [-0.05, 0) is 31.3 Å². The van der Waals surface area contributed by atoms with Crippen molar-refractivity contribution in [3.8, 4) is 17.6 Å². The number of halogens is 3. The van der Waals surface area contributed by atoms with Crippen molar-refractivity contribution in [3.05, 3.63) is 29.8 Å². The summed E-state index contributed by atoms with van der Waals surface area (Å²) in [5, 5.41) is 8.57. The highest BCUT2D eigenvalue weighted by molar-refractivity contribution is 5.38. The van der Waals surface area contributed by atoms with Crippen LogP contribution in [0.1, 0.15) is 12.0 Å². The monoisotopic (exact) mass is 301 g/mol. The molecule has 0 saturated heterocycles. The number of hydrogen-bond donors (Lipinski definition) is 1. The average molecular weight is 301 g/mol. The van der Waals surface area contributed by atoms with Crippen LogP contribution in [0.25, 0.3) is 0 Å². The Morgan fingerprint density at radius 3 is 2.43 bits per heavy atom. The smallest absolute Gasteiger partial charge is 0.390 e. The number of aliphatic hydroxyl groups is 1. The van der Waals surface area contributed by atoms with Crippen LogP contribution >= 0.6 is 0 Å². The summed E-state index contributed by atoms with van der Waals surface area (Å²) < 4.78 is 41.6. The second kappa shape index (κ2) is 8.55. The fourth-order valence-corrected chi connectivity index (χ4v) is 1.52. The molecule has 0 unspecified atom stereocenters. The van der Waals surface area contributed by atoms with E-state index in [0.29, 0.717) is 18.9 Å². The third-order valence-corrected chi connectivity index (χ3v) is 2.68. The second-order valence-corrected chi connectivity index (χ2v) is 4.50. The van der Waals surface area contributed by atoms with E-state index in [1.54, 1.807) is 36.2 Å². The minimum Gasteiger partial charge on any atom is -0.492 e. The topological polar surface area (TPSA) is 32.7 Å². The van der Waals surface area contributed by atoms with E-state index >= 15 is 0 Å². The van der Waals surface area contributed by atoms with Crippen LogP contribution < -0.4 is 4.74 Å². The molecule has 1 N–H and O–H groups in total. The van der Waals surface area contributed by atoms with Gasteiger partial charge in [-0.3, -0.25) is 0 Å². The maximum absolute atomic E-state index is 12.0. The number of aliphatic hydroxyl groups excluding tert-OH is 1. The number of likely N-dealkylation sites (N-methyl/N-ethyl adjacent to an activating group) is 1. The van der Waals surface area contributed by atoms with Gasteiger partial charge >= 0.3 is 6.18 Å². The fraction of sp³-hybridized carbons (Fsp3) is 0.467. The summed E-state index contributed by atoms with van der Waals surface area (Å²) in [6.45, 7) is 0.503. The largest absolute Gasteiger partial charge is 0.492 e. The summed E-state index contributed by atoms with van der Waals surface area (Å²) in [5.41, 5.74) is 0.763. The molecule has 0 aromatic heterocycles. The van der Waals surface area contributed by atoms with Crippen LogP contribution in [0.4, 0.5) is 13.2 Å². The Morgan fingerprint density at radius 2 is 1.86 bits per heavy atom. The van der Waals surface area contributed by atoms with Crippen molar-refractivity contribution in [2.24, 2.45) is 0 Å². The van der Waals surface area contributed by atoms with Crippen molar-refractivity contribution < 1.29 is 23.0 Å². The molecule has 0 amide bonds. The zero-order chi connectivity index (χ0) is 15.7. The van der Waals surface area contributed by atoms with E-state index in [2.05, 4.69) is 11.8 Å². The highest BCUT2D eigenvalue weighted by atomic mass is 19.4. The molecular weight excluding hydrogens is 283 g/mol. The predicted octanol–water partition coefficient (Wildman–Crippen LogP) is 2.29. The standard InChI is InChI=1S/C15H18F3NO2/c1-19(9-8-15(16,17)18)10-12-21-14-6-4-13(5-7-14)3-2-11-20/h4-7,20H,8-12H2,1H3. The molecule has 1 rings (SSSR count). The molecular formula is C15H18F3NO2. The zero-order valence-electron chi connectivity index (χ0n) is 11.8. The summed E-state index contributed by atoms with van der Waals surface area (Å²) in [6.07, 6.45) is -4.94. The van der Waals surface area contributed by atoms with Gasteiger partial charge in [0.1, 0.15) is 19.0 Å². The normalized spacial score (nSPS) is 11.1. The summed E-state index contributed by atoms with van der Waals surface area (Å²) in [5.74, 6) is 5.92. The molecule has 0 saturated carbocycles. The highest BCUT2D eigenvalue weighted by Gasteiger charge is 2.26. The van der Waals surface area contributed by atoms with Gasteiger partial charge in [-0.2, -0.15) is 13.2 Å². The Hall–Kier alpha value is -1.71. The van der Waals surface area contributed by atoms with Crippen molar-refractivity contribution in [1.82, 2.24) is 4.90 Å². The Kier molecular flexibility index (Phi) is 7.06. The van der Waals surface area contributed by atoms with E-state index in [1.165, 1.54) is 0 Å². The van der Waals surface area contributed by atoms with Crippen molar-refractivity contribution in [2.75, 3.05) is 33.4 Å². The van der Waals surface area contributed by atoms with Gasteiger partial charge < -0.3 is 14.7 Å². The first-order valence-corrected chi connectivity index (χ1v) is 6.48. The molecule has 0 aliphatic rings. The number of alkyl halides is 3. The van der Waals surface area contributed by atoms with Gasteiger partial charge in [0.15, 0.2) is 0 Å². The number of rotatable bonds is 6. The summed E-state index contributed by atoms with van der Waals surface area (Å²) in [6, 6.07) is 6.98. The zero-order valence-corrected chi connectivity index (χ0v) is 11.8. The van der Waals surface area contributed by atoms with Gasteiger partial charge in [0, 0.05) is 18.7 Å². The maximum Gasteiger partial charge on any atom is 0.390 e. The molecule has 0 aliphatic heterocycles. The van der Waals surface area contributed by atoms with Gasteiger partial charge in [-0.25, -0.2) is 0 Å². The van der Waals surface area contributed by atoms with Crippen LogP contribution in [-0.2, 0) is 0 Å². The summed E-state index contributed by atoms with van der Waals surface area (Å²) >= 11 is 0. The number of hydrogen-bond acceptors (Lipinski definition) is 3. The van der Waals surface area contributed by atoms with E-state index in [9.17, 15) is 13.2 Å². The lowest BCUT2D eigenvalue weighted by atomic mass is 10.2. The molecule has 6 heteroatoms. The van der Waals surface area contributed by atoms with Gasteiger partial charge in [-0.1, -0.05) is 11.8 Å². The molecule has 0 fully saturated rings. The third kappa shape index (κ3) is 8.23. The summed E-state index contributed by atoms with van der Waals surface area (Å²) in [7, 11) is 1.63. The first-order chi connectivity index (χ1) is 9.90. The molecule has 0 atom stereocenters. The van der Waals surface area contributed by atoms with E-state index in [0.717, 1.165) is 5.56 Å². The molecule has 0 heterocycles. The first kappa shape index (κ1) is 17.3. The lowest BCUT2D eigenvalue weighted by Crippen LogP contribution is -2.28. The van der Waals surface area contributed by atoms with Crippen molar-refractivity contribution >= 4 is 0 Å². The summed E-state index contributed by atoms with van der Waals surface area (Å²) in [4.78, 5) is 1.58. The SMILES string of the molecule is CN(CCOc1ccc(C#CCO)cc1)CCC(F)(F)F. The van der Waals surface area contributed by atoms with Crippen molar-refractivity contribution in [2.45, 2.75) is 12.6 Å². The maximum atomic E-state index is 12.0.